The summed E-state index contributed by atoms with van der Waals surface area (Å²) in [6, 6.07) is 20.2. The summed E-state index contributed by atoms with van der Waals surface area (Å²) in [5.74, 6) is 1.25. The molecule has 1 aliphatic heterocycles. The Hall–Kier alpha value is -3.21. The topological polar surface area (TPSA) is 58.1 Å². The number of aromatic nitrogens is 2. The lowest BCUT2D eigenvalue weighted by Crippen LogP contribution is -2.36. The molecule has 1 N–H and O–H groups in total. The summed E-state index contributed by atoms with van der Waals surface area (Å²) in [5, 5.41) is 3.42. The average Bonchev–Trinajstić information content (AvgIpc) is 3.57. The second-order valence-corrected chi connectivity index (χ2v) is 7.44. The zero-order valence-corrected chi connectivity index (χ0v) is 15.6. The van der Waals surface area contributed by atoms with Gasteiger partial charge in [-0.2, -0.15) is 0 Å². The molecule has 1 saturated carbocycles. The number of carbonyl (C=O) groups is 1. The zero-order chi connectivity index (χ0) is 18.9. The second-order valence-electron chi connectivity index (χ2n) is 7.44. The van der Waals surface area contributed by atoms with Gasteiger partial charge in [-0.25, -0.2) is 9.97 Å². The van der Waals surface area contributed by atoms with Crippen molar-refractivity contribution in [3.63, 3.8) is 0 Å². The molecule has 2 aromatic carbocycles. The maximum atomic E-state index is 13.4. The van der Waals surface area contributed by atoms with Crippen molar-refractivity contribution in [3.05, 3.63) is 71.9 Å². The number of rotatable bonds is 4. The second kappa shape index (κ2) is 7.08. The minimum Gasteiger partial charge on any atom is -0.367 e. The Balaban J connectivity index is 1.54. The Morgan fingerprint density at radius 2 is 1.79 bits per heavy atom. The van der Waals surface area contributed by atoms with E-state index in [0.717, 1.165) is 42.8 Å². The molecule has 5 rings (SSSR count). The highest BCUT2D eigenvalue weighted by atomic mass is 16.2. The molecule has 3 aromatic rings. The van der Waals surface area contributed by atoms with Crippen molar-refractivity contribution < 1.29 is 4.79 Å². The summed E-state index contributed by atoms with van der Waals surface area (Å²) in [4.78, 5) is 24.6. The van der Waals surface area contributed by atoms with Crippen LogP contribution in [0.3, 0.4) is 0 Å². The normalized spacial score (nSPS) is 15.8. The van der Waals surface area contributed by atoms with E-state index in [4.69, 9.17) is 0 Å². The third-order valence-electron chi connectivity index (χ3n) is 5.26. The van der Waals surface area contributed by atoms with Crippen LogP contribution < -0.4 is 10.2 Å². The molecule has 0 radical (unpaired) electrons. The van der Waals surface area contributed by atoms with Gasteiger partial charge < -0.3 is 10.2 Å². The van der Waals surface area contributed by atoms with Crippen molar-refractivity contribution in [2.45, 2.75) is 31.7 Å². The highest BCUT2D eigenvalue weighted by molar-refractivity contribution is 6.06. The molecule has 0 atom stereocenters. The molecule has 2 heterocycles. The Morgan fingerprint density at radius 3 is 2.61 bits per heavy atom. The molecule has 2 aliphatic rings. The largest absolute Gasteiger partial charge is 0.367 e. The molecule has 5 heteroatoms. The van der Waals surface area contributed by atoms with E-state index in [1.165, 1.54) is 5.56 Å². The van der Waals surface area contributed by atoms with Gasteiger partial charge >= 0.3 is 0 Å². The Labute approximate surface area is 164 Å². The predicted molar refractivity (Wildman–Crippen MR) is 111 cm³/mol. The highest BCUT2D eigenvalue weighted by Gasteiger charge is 2.27. The maximum absolute atomic E-state index is 13.4. The third-order valence-corrected chi connectivity index (χ3v) is 5.26. The number of para-hydroxylation sites is 1. The first-order valence-electron chi connectivity index (χ1n) is 9.89. The van der Waals surface area contributed by atoms with Gasteiger partial charge in [-0.15, -0.1) is 0 Å². The fourth-order valence-corrected chi connectivity index (χ4v) is 3.67. The number of aryl methyl sites for hydroxylation is 1. The Kier molecular flexibility index (Phi) is 4.28. The van der Waals surface area contributed by atoms with Crippen LogP contribution in [-0.2, 0) is 6.42 Å². The Bertz CT molecular complexity index is 1010. The molecule has 0 bridgehead atoms. The van der Waals surface area contributed by atoms with Crippen LogP contribution in [0.2, 0.25) is 0 Å². The first kappa shape index (κ1) is 16.9. The molecular weight excluding hydrogens is 348 g/mol. The van der Waals surface area contributed by atoms with E-state index in [-0.39, 0.29) is 5.91 Å². The minimum atomic E-state index is -0.0643. The van der Waals surface area contributed by atoms with Crippen molar-refractivity contribution in [1.29, 1.82) is 0 Å². The van der Waals surface area contributed by atoms with Gasteiger partial charge in [0.05, 0.1) is 0 Å². The van der Waals surface area contributed by atoms with Gasteiger partial charge in [0.15, 0.2) is 5.82 Å². The SMILES string of the molecule is O=C(c1cc(NC2CC2)nc(-c2ccccc2)n1)N1CCCc2ccccc21. The third kappa shape index (κ3) is 3.36. The molecule has 1 aromatic heterocycles. The molecular formula is C23H22N4O. The number of anilines is 2. The predicted octanol–water partition coefficient (Wildman–Crippen LogP) is 4.31. The van der Waals surface area contributed by atoms with Crippen molar-refractivity contribution in [2.24, 2.45) is 0 Å². The summed E-state index contributed by atoms with van der Waals surface area (Å²) >= 11 is 0. The number of hydrogen-bond donors (Lipinski definition) is 1. The van der Waals surface area contributed by atoms with Crippen LogP contribution in [0, 0.1) is 0 Å². The van der Waals surface area contributed by atoms with Gasteiger partial charge in [-0.05, 0) is 37.3 Å². The summed E-state index contributed by atoms with van der Waals surface area (Å²) in [6.45, 7) is 0.714. The summed E-state index contributed by atoms with van der Waals surface area (Å²) in [6.07, 6.45) is 4.26. The first-order chi connectivity index (χ1) is 13.8. The molecule has 1 fully saturated rings. The number of amides is 1. The van der Waals surface area contributed by atoms with E-state index in [1.807, 2.05) is 53.4 Å². The molecule has 0 spiro atoms. The standard InChI is InChI=1S/C23H22N4O/c28-23(27-14-6-10-16-7-4-5-11-20(16)27)19-15-21(24-18-12-13-18)26-22(25-19)17-8-2-1-3-9-17/h1-5,7-9,11,15,18H,6,10,12-14H2,(H,24,25,26). The average molecular weight is 370 g/mol. The van der Waals surface area contributed by atoms with E-state index < -0.39 is 0 Å². The van der Waals surface area contributed by atoms with Gasteiger partial charge in [0.1, 0.15) is 11.5 Å². The molecule has 140 valence electrons. The van der Waals surface area contributed by atoms with Crippen LogP contribution in [0.1, 0.15) is 35.3 Å². The zero-order valence-electron chi connectivity index (χ0n) is 15.6. The van der Waals surface area contributed by atoms with Crippen LogP contribution >= 0.6 is 0 Å². The van der Waals surface area contributed by atoms with E-state index in [2.05, 4.69) is 21.4 Å². The van der Waals surface area contributed by atoms with Crippen molar-refractivity contribution in [3.8, 4) is 11.4 Å². The van der Waals surface area contributed by atoms with Crippen LogP contribution in [0.4, 0.5) is 11.5 Å². The number of hydrogen-bond acceptors (Lipinski definition) is 4. The van der Waals surface area contributed by atoms with E-state index in [1.54, 1.807) is 6.07 Å². The molecule has 0 saturated heterocycles. The molecule has 28 heavy (non-hydrogen) atoms. The van der Waals surface area contributed by atoms with Crippen molar-refractivity contribution in [1.82, 2.24) is 9.97 Å². The molecule has 0 unspecified atom stereocenters. The highest BCUT2D eigenvalue weighted by Crippen LogP contribution is 2.29. The minimum absolute atomic E-state index is 0.0643. The van der Waals surface area contributed by atoms with E-state index in [9.17, 15) is 4.79 Å². The fourth-order valence-electron chi connectivity index (χ4n) is 3.67. The number of carbonyl (C=O) groups excluding carboxylic acids is 1. The monoisotopic (exact) mass is 370 g/mol. The smallest absolute Gasteiger partial charge is 0.277 e. The summed E-state index contributed by atoms with van der Waals surface area (Å²) in [5.41, 5.74) is 3.56. The lowest BCUT2D eigenvalue weighted by Gasteiger charge is -2.29. The summed E-state index contributed by atoms with van der Waals surface area (Å²) in [7, 11) is 0. The van der Waals surface area contributed by atoms with Crippen molar-refractivity contribution in [2.75, 3.05) is 16.8 Å². The molecule has 1 aliphatic carbocycles. The number of nitrogens with zero attached hydrogens (tertiary/aromatic N) is 3. The van der Waals surface area contributed by atoms with Gasteiger partial charge in [0.2, 0.25) is 0 Å². The fraction of sp³-hybridized carbons (Fsp3) is 0.261. The van der Waals surface area contributed by atoms with Crippen LogP contribution in [0.25, 0.3) is 11.4 Å². The Morgan fingerprint density at radius 1 is 1.00 bits per heavy atom. The lowest BCUT2D eigenvalue weighted by molar-refractivity contribution is 0.0980. The lowest BCUT2D eigenvalue weighted by atomic mass is 10.0. The van der Waals surface area contributed by atoms with Gasteiger partial charge in [0, 0.05) is 29.9 Å². The number of benzene rings is 2. The van der Waals surface area contributed by atoms with E-state index in [0.29, 0.717) is 24.1 Å². The molecule has 5 nitrogen and oxygen atoms in total. The summed E-state index contributed by atoms with van der Waals surface area (Å²) < 4.78 is 0. The number of nitrogens with one attached hydrogen (secondary N) is 1. The molecule has 1 amide bonds. The van der Waals surface area contributed by atoms with Crippen LogP contribution in [-0.4, -0.2) is 28.5 Å². The first-order valence-corrected chi connectivity index (χ1v) is 9.89. The van der Waals surface area contributed by atoms with Gasteiger partial charge in [0.25, 0.3) is 5.91 Å². The quantitative estimate of drug-likeness (QED) is 0.743. The van der Waals surface area contributed by atoms with Crippen LogP contribution in [0.5, 0.6) is 0 Å². The van der Waals surface area contributed by atoms with Gasteiger partial charge in [-0.3, -0.25) is 4.79 Å². The van der Waals surface area contributed by atoms with Crippen molar-refractivity contribution >= 4 is 17.4 Å². The van der Waals surface area contributed by atoms with Crippen LogP contribution in [0.15, 0.2) is 60.7 Å². The van der Waals surface area contributed by atoms with Gasteiger partial charge in [-0.1, -0.05) is 48.5 Å². The maximum Gasteiger partial charge on any atom is 0.277 e. The van der Waals surface area contributed by atoms with E-state index >= 15 is 0 Å². The number of fused-ring (bicyclic) bond motifs is 1.